The SMILES string of the molecule is COC(=O)[C@@H](CCC[C@H](NC(=O)OCc1ccccc1)C(=O)O)NC(=O)OC(C)(C)C. The summed E-state index contributed by atoms with van der Waals surface area (Å²) >= 11 is 0. The van der Waals surface area contributed by atoms with E-state index in [1.807, 2.05) is 6.07 Å². The average Bonchev–Trinajstić information content (AvgIpc) is 2.69. The molecule has 0 aromatic heterocycles. The van der Waals surface area contributed by atoms with Gasteiger partial charge in [0.15, 0.2) is 0 Å². The molecule has 0 bridgehead atoms. The van der Waals surface area contributed by atoms with Gasteiger partial charge < -0.3 is 30.0 Å². The molecule has 172 valence electrons. The number of aliphatic carboxylic acids is 1. The second-order valence-corrected chi connectivity index (χ2v) is 7.75. The van der Waals surface area contributed by atoms with Crippen molar-refractivity contribution in [1.29, 1.82) is 0 Å². The van der Waals surface area contributed by atoms with Crippen LogP contribution in [-0.2, 0) is 30.4 Å². The minimum Gasteiger partial charge on any atom is -0.480 e. The summed E-state index contributed by atoms with van der Waals surface area (Å²) in [6.07, 6.45) is -1.35. The Morgan fingerprint density at radius 3 is 2.10 bits per heavy atom. The third kappa shape index (κ3) is 10.9. The first kappa shape index (κ1) is 25.7. The predicted molar refractivity (Wildman–Crippen MR) is 110 cm³/mol. The maximum absolute atomic E-state index is 11.9. The van der Waals surface area contributed by atoms with E-state index in [4.69, 9.17) is 9.47 Å². The highest BCUT2D eigenvalue weighted by Crippen LogP contribution is 2.10. The molecule has 0 spiro atoms. The molecular formula is C21H30N2O8. The fourth-order valence-corrected chi connectivity index (χ4v) is 2.53. The Kier molecular flexibility index (Phi) is 10.3. The van der Waals surface area contributed by atoms with Gasteiger partial charge in [-0.2, -0.15) is 0 Å². The Hall–Kier alpha value is -3.30. The minimum atomic E-state index is -1.24. The number of amides is 2. The van der Waals surface area contributed by atoms with Crippen molar-refractivity contribution in [2.24, 2.45) is 0 Å². The second-order valence-electron chi connectivity index (χ2n) is 7.75. The van der Waals surface area contributed by atoms with E-state index in [9.17, 15) is 24.3 Å². The third-order valence-corrected chi connectivity index (χ3v) is 3.97. The Morgan fingerprint density at radius 1 is 0.968 bits per heavy atom. The van der Waals surface area contributed by atoms with Gasteiger partial charge in [-0.25, -0.2) is 19.2 Å². The van der Waals surface area contributed by atoms with Crippen LogP contribution in [0.4, 0.5) is 9.59 Å². The summed E-state index contributed by atoms with van der Waals surface area (Å²) in [6.45, 7) is 5.04. The van der Waals surface area contributed by atoms with E-state index in [1.54, 1.807) is 45.0 Å². The summed E-state index contributed by atoms with van der Waals surface area (Å²) in [5.41, 5.74) is 0.0158. The molecular weight excluding hydrogens is 408 g/mol. The first-order valence-electron chi connectivity index (χ1n) is 9.79. The molecule has 2 atom stereocenters. The van der Waals surface area contributed by atoms with E-state index in [0.29, 0.717) is 0 Å². The molecule has 0 aliphatic heterocycles. The summed E-state index contributed by atoms with van der Waals surface area (Å²) in [6, 6.07) is 6.71. The lowest BCUT2D eigenvalue weighted by molar-refractivity contribution is -0.143. The normalized spacial score (nSPS) is 12.8. The number of carboxylic acids is 1. The highest BCUT2D eigenvalue weighted by atomic mass is 16.6. The van der Waals surface area contributed by atoms with Gasteiger partial charge in [0, 0.05) is 0 Å². The van der Waals surface area contributed by atoms with Crippen LogP contribution in [0.5, 0.6) is 0 Å². The molecule has 0 aliphatic rings. The quantitative estimate of drug-likeness (QED) is 0.374. The largest absolute Gasteiger partial charge is 0.480 e. The summed E-state index contributed by atoms with van der Waals surface area (Å²) in [5.74, 6) is -1.93. The van der Waals surface area contributed by atoms with E-state index in [-0.39, 0.29) is 25.9 Å². The van der Waals surface area contributed by atoms with Crippen molar-refractivity contribution in [3.05, 3.63) is 35.9 Å². The van der Waals surface area contributed by atoms with Gasteiger partial charge in [0.05, 0.1) is 7.11 Å². The van der Waals surface area contributed by atoms with Gasteiger partial charge in [-0.05, 0) is 45.6 Å². The smallest absolute Gasteiger partial charge is 0.408 e. The standard InChI is InChI=1S/C21H30N2O8/c1-21(2,3)31-20(28)23-16(18(26)29-4)12-8-11-15(17(24)25)22-19(27)30-13-14-9-6-5-7-10-14/h5-7,9-10,15-16H,8,11-13H2,1-4H3,(H,22,27)(H,23,28)(H,24,25)/t15-,16+/m0/s1. The number of nitrogens with one attached hydrogen (secondary N) is 2. The van der Waals surface area contributed by atoms with Crippen LogP contribution in [0.2, 0.25) is 0 Å². The van der Waals surface area contributed by atoms with Gasteiger partial charge in [0.2, 0.25) is 0 Å². The molecule has 2 amide bonds. The van der Waals surface area contributed by atoms with E-state index in [2.05, 4.69) is 15.4 Å². The summed E-state index contributed by atoms with van der Waals surface area (Å²) in [5, 5.41) is 14.0. The number of hydrogen-bond acceptors (Lipinski definition) is 7. The zero-order chi connectivity index (χ0) is 23.4. The minimum absolute atomic E-state index is 0.00321. The third-order valence-electron chi connectivity index (χ3n) is 3.97. The van der Waals surface area contributed by atoms with Crippen LogP contribution in [0.25, 0.3) is 0 Å². The van der Waals surface area contributed by atoms with Crippen LogP contribution in [0, 0.1) is 0 Å². The molecule has 10 heteroatoms. The molecule has 0 saturated heterocycles. The molecule has 10 nitrogen and oxygen atoms in total. The van der Waals surface area contributed by atoms with Crippen LogP contribution in [0.15, 0.2) is 30.3 Å². The van der Waals surface area contributed by atoms with Gasteiger partial charge in [0.25, 0.3) is 0 Å². The fourth-order valence-electron chi connectivity index (χ4n) is 2.53. The number of carbonyl (C=O) groups excluding carboxylic acids is 3. The Bertz CT molecular complexity index is 745. The lowest BCUT2D eigenvalue weighted by Crippen LogP contribution is -2.44. The molecule has 3 N–H and O–H groups in total. The first-order valence-corrected chi connectivity index (χ1v) is 9.79. The number of benzene rings is 1. The van der Waals surface area contributed by atoms with E-state index >= 15 is 0 Å². The first-order chi connectivity index (χ1) is 14.5. The fraction of sp³-hybridized carbons (Fsp3) is 0.524. The van der Waals surface area contributed by atoms with Crippen LogP contribution in [0.3, 0.4) is 0 Å². The van der Waals surface area contributed by atoms with E-state index in [1.165, 1.54) is 7.11 Å². The molecule has 0 radical (unpaired) electrons. The van der Waals surface area contributed by atoms with Crippen molar-refractivity contribution in [3.63, 3.8) is 0 Å². The number of esters is 1. The Morgan fingerprint density at radius 2 is 1.55 bits per heavy atom. The molecule has 0 saturated carbocycles. The van der Waals surface area contributed by atoms with Crippen LogP contribution >= 0.6 is 0 Å². The molecule has 0 unspecified atom stereocenters. The summed E-state index contributed by atoms with van der Waals surface area (Å²) in [7, 11) is 1.18. The number of methoxy groups -OCH3 is 1. The highest BCUT2D eigenvalue weighted by Gasteiger charge is 2.26. The topological polar surface area (TPSA) is 140 Å². The number of hydrogen-bond donors (Lipinski definition) is 3. The molecule has 1 aromatic rings. The maximum atomic E-state index is 11.9. The van der Waals surface area contributed by atoms with E-state index in [0.717, 1.165) is 5.56 Å². The number of carboxylic acid groups (broad SMARTS) is 1. The monoisotopic (exact) mass is 438 g/mol. The number of alkyl carbamates (subject to hydrolysis) is 2. The molecule has 0 heterocycles. The highest BCUT2D eigenvalue weighted by molar-refractivity contribution is 5.81. The van der Waals surface area contributed by atoms with Gasteiger partial charge in [-0.15, -0.1) is 0 Å². The molecule has 0 aliphatic carbocycles. The molecule has 31 heavy (non-hydrogen) atoms. The van der Waals surface area contributed by atoms with Gasteiger partial charge in [-0.1, -0.05) is 30.3 Å². The van der Waals surface area contributed by atoms with Crippen molar-refractivity contribution in [2.45, 2.75) is 64.3 Å². The van der Waals surface area contributed by atoms with Crippen LogP contribution in [0.1, 0.15) is 45.6 Å². The number of carbonyl (C=O) groups is 4. The van der Waals surface area contributed by atoms with Crippen molar-refractivity contribution >= 4 is 24.1 Å². The Labute approximate surface area is 181 Å². The molecule has 1 aromatic carbocycles. The van der Waals surface area contributed by atoms with Crippen molar-refractivity contribution < 1.29 is 38.5 Å². The van der Waals surface area contributed by atoms with E-state index < -0.39 is 41.8 Å². The van der Waals surface area contributed by atoms with Gasteiger partial charge >= 0.3 is 24.1 Å². The summed E-state index contributed by atoms with van der Waals surface area (Å²) in [4.78, 5) is 47.2. The van der Waals surface area contributed by atoms with Crippen LogP contribution in [-0.4, -0.2) is 54.0 Å². The van der Waals surface area contributed by atoms with Gasteiger partial charge in [0.1, 0.15) is 24.3 Å². The summed E-state index contributed by atoms with van der Waals surface area (Å²) < 4.78 is 14.8. The lowest BCUT2D eigenvalue weighted by Gasteiger charge is -2.23. The molecule has 1 rings (SSSR count). The number of ether oxygens (including phenoxy) is 3. The Balaban J connectivity index is 2.55. The lowest BCUT2D eigenvalue weighted by atomic mass is 10.1. The van der Waals surface area contributed by atoms with Crippen molar-refractivity contribution in [1.82, 2.24) is 10.6 Å². The predicted octanol–water partition coefficient (Wildman–Crippen LogP) is 2.60. The van der Waals surface area contributed by atoms with Crippen molar-refractivity contribution in [3.8, 4) is 0 Å². The second kappa shape index (κ2) is 12.4. The van der Waals surface area contributed by atoms with Gasteiger partial charge in [-0.3, -0.25) is 0 Å². The maximum Gasteiger partial charge on any atom is 0.408 e. The average molecular weight is 438 g/mol. The molecule has 0 fully saturated rings. The van der Waals surface area contributed by atoms with Crippen LogP contribution < -0.4 is 10.6 Å². The zero-order valence-corrected chi connectivity index (χ0v) is 18.2. The zero-order valence-electron chi connectivity index (χ0n) is 18.2. The van der Waals surface area contributed by atoms with Crippen molar-refractivity contribution in [2.75, 3.05) is 7.11 Å². The number of rotatable bonds is 10.